The van der Waals surface area contributed by atoms with Crippen molar-refractivity contribution in [3.8, 4) is 0 Å². The van der Waals surface area contributed by atoms with Gasteiger partial charge in [-0.1, -0.05) is 18.9 Å². The highest BCUT2D eigenvalue weighted by Gasteiger charge is 2.28. The number of nitrogens with zero attached hydrogens (tertiary/aromatic N) is 2. The summed E-state index contributed by atoms with van der Waals surface area (Å²) in [4.78, 5) is 23.5. The summed E-state index contributed by atoms with van der Waals surface area (Å²) in [6.07, 6.45) is 8.98. The van der Waals surface area contributed by atoms with Gasteiger partial charge in [0, 0.05) is 30.8 Å². The van der Waals surface area contributed by atoms with Crippen molar-refractivity contribution in [3.63, 3.8) is 0 Å². The van der Waals surface area contributed by atoms with Crippen molar-refractivity contribution in [2.24, 2.45) is 7.05 Å². The first kappa shape index (κ1) is 14.8. The SMILES string of the molecule is Cn1cc(C(=O)NC2CC=C(C(=O)O)C2)c(C2CCCC2)n1. The van der Waals surface area contributed by atoms with Crippen molar-refractivity contribution >= 4 is 11.9 Å². The predicted molar refractivity (Wildman–Crippen MR) is 80.6 cm³/mol. The smallest absolute Gasteiger partial charge is 0.331 e. The number of aryl methyl sites for hydroxylation is 1. The number of carboxylic acids is 1. The summed E-state index contributed by atoms with van der Waals surface area (Å²) in [6.45, 7) is 0. The van der Waals surface area contributed by atoms with Gasteiger partial charge in [0.15, 0.2) is 0 Å². The lowest BCUT2D eigenvalue weighted by molar-refractivity contribution is -0.132. The van der Waals surface area contributed by atoms with Crippen molar-refractivity contribution in [3.05, 3.63) is 29.1 Å². The van der Waals surface area contributed by atoms with Crippen LogP contribution in [-0.4, -0.2) is 32.8 Å². The molecule has 2 N–H and O–H groups in total. The Morgan fingerprint density at radius 1 is 1.36 bits per heavy atom. The van der Waals surface area contributed by atoms with Gasteiger partial charge in [-0.2, -0.15) is 5.10 Å². The largest absolute Gasteiger partial charge is 0.478 e. The summed E-state index contributed by atoms with van der Waals surface area (Å²) in [5.74, 6) is -0.664. The van der Waals surface area contributed by atoms with Crippen LogP contribution in [0.25, 0.3) is 0 Å². The quantitative estimate of drug-likeness (QED) is 0.891. The molecule has 22 heavy (non-hydrogen) atoms. The van der Waals surface area contributed by atoms with Crippen LogP contribution in [0.3, 0.4) is 0 Å². The molecule has 1 aromatic rings. The molecule has 1 unspecified atom stereocenters. The molecular weight excluding hydrogens is 282 g/mol. The Morgan fingerprint density at radius 3 is 2.73 bits per heavy atom. The van der Waals surface area contributed by atoms with Gasteiger partial charge in [0.25, 0.3) is 5.91 Å². The predicted octanol–water partition coefficient (Wildman–Crippen LogP) is 1.98. The zero-order chi connectivity index (χ0) is 15.7. The minimum absolute atomic E-state index is 0.129. The van der Waals surface area contributed by atoms with E-state index in [0.717, 1.165) is 18.5 Å². The van der Waals surface area contributed by atoms with Crippen molar-refractivity contribution < 1.29 is 14.7 Å². The Kier molecular flexibility index (Phi) is 4.00. The summed E-state index contributed by atoms with van der Waals surface area (Å²) >= 11 is 0. The molecular formula is C16H21N3O3. The zero-order valence-electron chi connectivity index (χ0n) is 12.7. The third-order valence-electron chi connectivity index (χ3n) is 4.57. The lowest BCUT2D eigenvalue weighted by Crippen LogP contribution is -2.33. The summed E-state index contributed by atoms with van der Waals surface area (Å²) in [5.41, 5.74) is 1.91. The van der Waals surface area contributed by atoms with Gasteiger partial charge in [-0.15, -0.1) is 0 Å². The molecule has 0 saturated heterocycles. The number of hydrogen-bond donors (Lipinski definition) is 2. The highest BCUT2D eigenvalue weighted by molar-refractivity contribution is 5.96. The molecule has 118 valence electrons. The zero-order valence-corrected chi connectivity index (χ0v) is 12.7. The number of hydrogen-bond acceptors (Lipinski definition) is 3. The van der Waals surface area contributed by atoms with Gasteiger partial charge >= 0.3 is 5.97 Å². The molecule has 1 fully saturated rings. The number of carbonyl (C=O) groups is 2. The number of aromatic nitrogens is 2. The number of nitrogens with one attached hydrogen (secondary N) is 1. The maximum absolute atomic E-state index is 12.5. The number of aliphatic carboxylic acids is 1. The van der Waals surface area contributed by atoms with Crippen LogP contribution in [0, 0.1) is 0 Å². The van der Waals surface area contributed by atoms with E-state index in [4.69, 9.17) is 5.11 Å². The minimum atomic E-state index is -0.898. The van der Waals surface area contributed by atoms with Gasteiger partial charge in [0.2, 0.25) is 0 Å². The average molecular weight is 303 g/mol. The Bertz CT molecular complexity index is 627. The topological polar surface area (TPSA) is 84.2 Å². The second kappa shape index (κ2) is 5.94. The highest BCUT2D eigenvalue weighted by atomic mass is 16.4. The Balaban J connectivity index is 1.69. The first-order valence-corrected chi connectivity index (χ1v) is 7.81. The molecule has 1 aromatic heterocycles. The standard InChI is InChI=1S/C16H21N3O3/c1-19-9-13(14(18-19)10-4-2-3-5-10)15(20)17-12-7-6-11(8-12)16(21)22/h6,9-10,12H,2-5,7-8H2,1H3,(H,17,20)(H,21,22). The molecule has 2 aliphatic rings. The van der Waals surface area contributed by atoms with Crippen LogP contribution in [0.15, 0.2) is 17.8 Å². The minimum Gasteiger partial charge on any atom is -0.478 e. The Labute approximate surface area is 129 Å². The van der Waals surface area contributed by atoms with E-state index in [1.165, 1.54) is 12.8 Å². The fraction of sp³-hybridized carbons (Fsp3) is 0.562. The molecule has 1 amide bonds. The second-order valence-electron chi connectivity index (χ2n) is 6.23. The first-order valence-electron chi connectivity index (χ1n) is 7.81. The molecule has 6 heteroatoms. The van der Waals surface area contributed by atoms with Gasteiger partial charge in [-0.3, -0.25) is 9.48 Å². The fourth-order valence-electron chi connectivity index (χ4n) is 3.45. The van der Waals surface area contributed by atoms with E-state index < -0.39 is 5.97 Å². The van der Waals surface area contributed by atoms with Gasteiger partial charge in [0.1, 0.15) is 0 Å². The van der Waals surface area contributed by atoms with Crippen LogP contribution in [0.5, 0.6) is 0 Å². The van der Waals surface area contributed by atoms with Gasteiger partial charge in [-0.25, -0.2) is 4.79 Å². The van der Waals surface area contributed by atoms with Crippen molar-refractivity contribution in [2.45, 2.75) is 50.5 Å². The van der Waals surface area contributed by atoms with E-state index in [2.05, 4.69) is 10.4 Å². The molecule has 0 aromatic carbocycles. The van der Waals surface area contributed by atoms with Gasteiger partial charge in [0.05, 0.1) is 11.3 Å². The summed E-state index contributed by atoms with van der Waals surface area (Å²) < 4.78 is 1.69. The van der Waals surface area contributed by atoms with Crippen molar-refractivity contribution in [2.75, 3.05) is 0 Å². The molecule has 6 nitrogen and oxygen atoms in total. The van der Waals surface area contributed by atoms with Gasteiger partial charge in [-0.05, 0) is 25.7 Å². The normalized spacial score (nSPS) is 21.9. The molecule has 1 atom stereocenters. The van der Waals surface area contributed by atoms with Crippen molar-refractivity contribution in [1.82, 2.24) is 15.1 Å². The van der Waals surface area contributed by atoms with Crippen LogP contribution in [-0.2, 0) is 11.8 Å². The summed E-state index contributed by atoms with van der Waals surface area (Å²) in [7, 11) is 1.83. The maximum atomic E-state index is 12.5. The van der Waals surface area contributed by atoms with E-state index in [-0.39, 0.29) is 11.9 Å². The van der Waals surface area contributed by atoms with E-state index in [1.54, 1.807) is 17.0 Å². The highest BCUT2D eigenvalue weighted by Crippen LogP contribution is 2.35. The number of rotatable bonds is 4. The third-order valence-corrected chi connectivity index (χ3v) is 4.57. The fourth-order valence-corrected chi connectivity index (χ4v) is 3.45. The van der Waals surface area contributed by atoms with E-state index >= 15 is 0 Å². The van der Waals surface area contributed by atoms with Crippen LogP contribution in [0.2, 0.25) is 0 Å². The monoisotopic (exact) mass is 303 g/mol. The van der Waals surface area contributed by atoms with Crippen LogP contribution < -0.4 is 5.32 Å². The summed E-state index contributed by atoms with van der Waals surface area (Å²) in [6, 6.07) is -0.129. The molecule has 0 bridgehead atoms. The molecule has 0 spiro atoms. The third kappa shape index (κ3) is 2.91. The average Bonchev–Trinajstić information content (AvgIpc) is 3.16. The van der Waals surface area contributed by atoms with Gasteiger partial charge < -0.3 is 10.4 Å². The first-order chi connectivity index (χ1) is 10.5. The van der Waals surface area contributed by atoms with Crippen molar-refractivity contribution in [1.29, 1.82) is 0 Å². The number of carbonyl (C=O) groups excluding carboxylic acids is 1. The molecule has 1 saturated carbocycles. The second-order valence-corrected chi connectivity index (χ2v) is 6.23. The molecule has 0 aliphatic heterocycles. The Hall–Kier alpha value is -2.11. The van der Waals surface area contributed by atoms with Crippen LogP contribution in [0.1, 0.15) is 60.5 Å². The lowest BCUT2D eigenvalue weighted by Gasteiger charge is -2.14. The molecule has 3 rings (SSSR count). The van der Waals surface area contributed by atoms with Crippen LogP contribution in [0.4, 0.5) is 0 Å². The van der Waals surface area contributed by atoms with E-state index in [1.807, 2.05) is 7.05 Å². The van der Waals surface area contributed by atoms with E-state index in [9.17, 15) is 9.59 Å². The lowest BCUT2D eigenvalue weighted by atomic mass is 10.00. The van der Waals surface area contributed by atoms with E-state index in [0.29, 0.717) is 29.9 Å². The Morgan fingerprint density at radius 2 is 2.09 bits per heavy atom. The van der Waals surface area contributed by atoms with Crippen LogP contribution >= 0.6 is 0 Å². The molecule has 1 heterocycles. The summed E-state index contributed by atoms with van der Waals surface area (Å²) in [5, 5.41) is 16.4. The number of amides is 1. The molecule has 2 aliphatic carbocycles. The number of carboxylic acid groups (broad SMARTS) is 1. The molecule has 0 radical (unpaired) electrons. The maximum Gasteiger partial charge on any atom is 0.331 e.